The van der Waals surface area contributed by atoms with Gasteiger partial charge in [0.1, 0.15) is 11.6 Å². The normalized spacial score (nSPS) is 11.5. The minimum Gasteiger partial charge on any atom is -0.338 e. The molecule has 0 aliphatic carbocycles. The number of fused-ring (bicyclic) bond motifs is 2. The first-order chi connectivity index (χ1) is 12.7. The van der Waals surface area contributed by atoms with E-state index in [1.54, 1.807) is 0 Å². The van der Waals surface area contributed by atoms with Gasteiger partial charge < -0.3 is 9.97 Å². The van der Waals surface area contributed by atoms with Crippen LogP contribution in [0, 0.1) is 7.14 Å². The second-order valence-electron chi connectivity index (χ2n) is 6.08. The molecular formula is C20H12I2N4. The van der Waals surface area contributed by atoms with Gasteiger partial charge in [-0.2, -0.15) is 0 Å². The maximum atomic E-state index is 4.76. The Balaban J connectivity index is 1.63. The van der Waals surface area contributed by atoms with Crippen molar-refractivity contribution in [3.05, 3.63) is 67.8 Å². The van der Waals surface area contributed by atoms with Crippen LogP contribution >= 0.6 is 45.2 Å². The summed E-state index contributed by atoms with van der Waals surface area (Å²) in [4.78, 5) is 16.4. The van der Waals surface area contributed by atoms with Gasteiger partial charge in [-0.25, -0.2) is 9.97 Å². The highest BCUT2D eigenvalue weighted by molar-refractivity contribution is 14.1. The zero-order chi connectivity index (χ0) is 17.7. The molecule has 0 saturated heterocycles. The van der Waals surface area contributed by atoms with Gasteiger partial charge in [0, 0.05) is 18.3 Å². The maximum absolute atomic E-state index is 4.76. The van der Waals surface area contributed by atoms with Crippen LogP contribution in [0.5, 0.6) is 0 Å². The fourth-order valence-corrected chi connectivity index (χ4v) is 4.15. The number of halogens is 2. The van der Waals surface area contributed by atoms with E-state index in [4.69, 9.17) is 9.97 Å². The topological polar surface area (TPSA) is 57.4 Å². The number of nitrogens with one attached hydrogen (secondary N) is 2. The average molecular weight is 562 g/mol. The van der Waals surface area contributed by atoms with E-state index in [9.17, 15) is 0 Å². The van der Waals surface area contributed by atoms with E-state index in [1.807, 2.05) is 18.2 Å². The molecule has 0 radical (unpaired) electrons. The van der Waals surface area contributed by atoms with Crippen molar-refractivity contribution in [3.63, 3.8) is 0 Å². The summed E-state index contributed by atoms with van der Waals surface area (Å²) in [5.41, 5.74) is 6.03. The zero-order valence-electron chi connectivity index (χ0n) is 13.4. The smallest absolute Gasteiger partial charge is 0.138 e. The molecule has 3 aromatic carbocycles. The van der Waals surface area contributed by atoms with Gasteiger partial charge in [0.15, 0.2) is 0 Å². The van der Waals surface area contributed by atoms with Gasteiger partial charge >= 0.3 is 0 Å². The van der Waals surface area contributed by atoms with Crippen LogP contribution < -0.4 is 0 Å². The zero-order valence-corrected chi connectivity index (χ0v) is 17.7. The third kappa shape index (κ3) is 2.90. The molecule has 6 heteroatoms. The van der Waals surface area contributed by atoms with Gasteiger partial charge in [-0.05, 0) is 81.6 Å². The van der Waals surface area contributed by atoms with Crippen molar-refractivity contribution in [3.8, 4) is 22.8 Å². The predicted octanol–water partition coefficient (Wildman–Crippen LogP) is 5.98. The monoisotopic (exact) mass is 562 g/mol. The molecule has 4 nitrogen and oxygen atoms in total. The molecule has 5 aromatic rings. The number of aromatic nitrogens is 4. The molecule has 0 bridgehead atoms. The lowest BCUT2D eigenvalue weighted by atomic mass is 10.2. The Bertz CT molecular complexity index is 1120. The first kappa shape index (κ1) is 16.2. The number of aromatic amines is 2. The van der Waals surface area contributed by atoms with E-state index in [1.165, 1.54) is 7.14 Å². The van der Waals surface area contributed by atoms with Crippen LogP contribution in [-0.4, -0.2) is 19.9 Å². The third-order valence-electron chi connectivity index (χ3n) is 4.28. The summed E-state index contributed by atoms with van der Waals surface area (Å²) in [5.74, 6) is 1.76. The number of rotatable bonds is 2. The summed E-state index contributed by atoms with van der Waals surface area (Å²) in [7, 11) is 0. The molecule has 0 unspecified atom stereocenters. The molecule has 126 valence electrons. The summed E-state index contributed by atoms with van der Waals surface area (Å²) in [6.45, 7) is 0. The summed E-state index contributed by atoms with van der Waals surface area (Å²) in [6.07, 6.45) is 0. The minimum absolute atomic E-state index is 0.879. The van der Waals surface area contributed by atoms with E-state index >= 15 is 0 Å². The van der Waals surface area contributed by atoms with Gasteiger partial charge in [-0.15, -0.1) is 0 Å². The van der Waals surface area contributed by atoms with Crippen molar-refractivity contribution in [2.45, 2.75) is 0 Å². The van der Waals surface area contributed by atoms with E-state index in [0.717, 1.165) is 44.8 Å². The Hall–Kier alpha value is -1.94. The minimum atomic E-state index is 0.879. The van der Waals surface area contributed by atoms with Crippen molar-refractivity contribution in [1.82, 2.24) is 19.9 Å². The lowest BCUT2D eigenvalue weighted by Crippen LogP contribution is -1.81. The lowest BCUT2D eigenvalue weighted by Gasteiger charge is -1.96. The van der Waals surface area contributed by atoms with Crippen LogP contribution in [0.25, 0.3) is 44.8 Å². The summed E-state index contributed by atoms with van der Waals surface area (Å²) >= 11 is 4.63. The van der Waals surface area contributed by atoms with E-state index in [2.05, 4.69) is 97.6 Å². The molecule has 2 aromatic heterocycles. The van der Waals surface area contributed by atoms with Crippen molar-refractivity contribution < 1.29 is 0 Å². The van der Waals surface area contributed by atoms with Gasteiger partial charge in [-0.1, -0.05) is 24.3 Å². The van der Waals surface area contributed by atoms with Crippen LogP contribution in [0.3, 0.4) is 0 Å². The molecule has 26 heavy (non-hydrogen) atoms. The van der Waals surface area contributed by atoms with Gasteiger partial charge in [0.05, 0.1) is 22.1 Å². The molecule has 0 fully saturated rings. The second kappa shape index (κ2) is 6.34. The van der Waals surface area contributed by atoms with E-state index in [-0.39, 0.29) is 0 Å². The second-order valence-corrected chi connectivity index (χ2v) is 8.57. The highest BCUT2D eigenvalue weighted by Crippen LogP contribution is 2.27. The van der Waals surface area contributed by atoms with Crippen LogP contribution in [-0.2, 0) is 0 Å². The number of hydrogen-bond acceptors (Lipinski definition) is 2. The number of nitrogens with zero attached hydrogens (tertiary/aromatic N) is 2. The lowest BCUT2D eigenvalue weighted by molar-refractivity contribution is 1.32. The Labute approximate surface area is 176 Å². The van der Waals surface area contributed by atoms with Crippen molar-refractivity contribution in [1.29, 1.82) is 0 Å². The SMILES string of the molecule is Ic1cccc(-c2nc3cc4nc(-c5cccc(I)c5)[nH]c4cc3[nH]2)c1. The molecule has 0 amide bonds. The first-order valence-electron chi connectivity index (χ1n) is 8.07. The first-order valence-corrected chi connectivity index (χ1v) is 10.2. The van der Waals surface area contributed by atoms with E-state index < -0.39 is 0 Å². The Morgan fingerprint density at radius 3 is 1.58 bits per heavy atom. The number of H-pyrrole nitrogens is 2. The quantitative estimate of drug-likeness (QED) is 0.260. The Kier molecular flexibility index (Phi) is 3.96. The molecule has 0 aliphatic rings. The summed E-state index contributed by atoms with van der Waals surface area (Å²) < 4.78 is 2.38. The summed E-state index contributed by atoms with van der Waals surface area (Å²) in [5, 5.41) is 0. The maximum Gasteiger partial charge on any atom is 0.138 e. The molecule has 2 N–H and O–H groups in total. The standard InChI is InChI=1S/C20H12I2N4/c21-13-5-1-3-11(7-13)19-23-15-9-17-18(10-16(15)24-19)26-20(25-17)12-4-2-6-14(22)8-12/h1-10H,(H,23,24)(H,25,26). The van der Waals surface area contributed by atoms with E-state index in [0.29, 0.717) is 0 Å². The molecule has 0 spiro atoms. The molecule has 0 atom stereocenters. The fourth-order valence-electron chi connectivity index (χ4n) is 3.06. The van der Waals surface area contributed by atoms with Gasteiger partial charge in [-0.3, -0.25) is 0 Å². The number of hydrogen-bond donors (Lipinski definition) is 2. The highest BCUT2D eigenvalue weighted by Gasteiger charge is 2.11. The fraction of sp³-hybridized carbons (Fsp3) is 0. The summed E-state index contributed by atoms with van der Waals surface area (Å²) in [6, 6.07) is 20.7. The van der Waals surface area contributed by atoms with Gasteiger partial charge in [0.2, 0.25) is 0 Å². The molecule has 0 saturated carbocycles. The van der Waals surface area contributed by atoms with Crippen LogP contribution in [0.2, 0.25) is 0 Å². The van der Waals surface area contributed by atoms with Crippen molar-refractivity contribution >= 4 is 67.2 Å². The largest absolute Gasteiger partial charge is 0.338 e. The highest BCUT2D eigenvalue weighted by atomic mass is 127. The van der Waals surface area contributed by atoms with Crippen LogP contribution in [0.4, 0.5) is 0 Å². The average Bonchev–Trinajstić information content (AvgIpc) is 3.22. The molecule has 0 aliphatic heterocycles. The van der Waals surface area contributed by atoms with Gasteiger partial charge in [0.25, 0.3) is 0 Å². The van der Waals surface area contributed by atoms with Crippen LogP contribution in [0.15, 0.2) is 60.7 Å². The number of benzene rings is 3. The predicted molar refractivity (Wildman–Crippen MR) is 122 cm³/mol. The number of imidazole rings is 2. The van der Waals surface area contributed by atoms with Crippen LogP contribution in [0.1, 0.15) is 0 Å². The Morgan fingerprint density at radius 1 is 0.615 bits per heavy atom. The third-order valence-corrected chi connectivity index (χ3v) is 5.62. The van der Waals surface area contributed by atoms with Crippen molar-refractivity contribution in [2.75, 3.05) is 0 Å². The Morgan fingerprint density at radius 2 is 1.12 bits per heavy atom. The molecule has 5 rings (SSSR count). The van der Waals surface area contributed by atoms with Crippen molar-refractivity contribution in [2.24, 2.45) is 0 Å². The molecular weight excluding hydrogens is 550 g/mol. The molecule has 2 heterocycles.